The molecule has 0 aromatic rings. The number of nitrogens with two attached hydrogens (primary N) is 1. The average Bonchev–Trinajstić information content (AvgIpc) is 1.84. The highest BCUT2D eigenvalue weighted by atomic mass is 15.1. The second kappa shape index (κ2) is 4.66. The van der Waals surface area contributed by atoms with E-state index in [-0.39, 0.29) is 5.54 Å². The Kier molecular flexibility index (Phi) is 4.20. The monoisotopic (exact) mass is 167 g/mol. The summed E-state index contributed by atoms with van der Waals surface area (Å²) in [6, 6.07) is 0. The van der Waals surface area contributed by atoms with Gasteiger partial charge in [0, 0.05) is 5.54 Å². The van der Waals surface area contributed by atoms with Crippen molar-refractivity contribution in [3.63, 3.8) is 0 Å². The number of nitrogens with one attached hydrogen (secondary N) is 1. The van der Waals surface area contributed by atoms with E-state index in [0.717, 1.165) is 0 Å². The number of nitrogens with zero attached hydrogens (tertiary/aromatic N) is 1. The zero-order valence-corrected chi connectivity index (χ0v) is 8.23. The fourth-order valence-corrected chi connectivity index (χ4v) is 0.627. The first-order valence-electron chi connectivity index (χ1n) is 3.93. The normalized spacial score (nSPS) is 11.8. The van der Waals surface area contributed by atoms with Crippen molar-refractivity contribution in [2.24, 2.45) is 10.7 Å². The van der Waals surface area contributed by atoms with Crippen molar-refractivity contribution in [1.82, 2.24) is 5.32 Å². The van der Waals surface area contributed by atoms with Crippen molar-refractivity contribution in [2.75, 3.05) is 6.54 Å². The van der Waals surface area contributed by atoms with E-state index in [1.807, 2.05) is 20.8 Å². The Bertz CT molecular complexity index is 212. The third-order valence-electron chi connectivity index (χ3n) is 1.01. The van der Waals surface area contributed by atoms with Gasteiger partial charge in [-0.05, 0) is 27.7 Å². The summed E-state index contributed by atoms with van der Waals surface area (Å²) in [6.07, 6.45) is 0. The van der Waals surface area contributed by atoms with Crippen LogP contribution >= 0.6 is 0 Å². The van der Waals surface area contributed by atoms with E-state index in [9.17, 15) is 0 Å². The Morgan fingerprint density at radius 3 is 2.50 bits per heavy atom. The first kappa shape index (κ1) is 10.8. The van der Waals surface area contributed by atoms with Gasteiger partial charge in [-0.2, -0.15) is 0 Å². The molecule has 68 valence electrons. The van der Waals surface area contributed by atoms with Crippen LogP contribution in [-0.2, 0) is 0 Å². The van der Waals surface area contributed by atoms with E-state index < -0.39 is 0 Å². The van der Waals surface area contributed by atoms with Gasteiger partial charge in [0.25, 0.3) is 0 Å². The lowest BCUT2D eigenvalue weighted by molar-refractivity contribution is 0.509. The number of hydrogen-bond donors (Lipinski definition) is 2. The lowest BCUT2D eigenvalue weighted by Gasteiger charge is -2.20. The van der Waals surface area contributed by atoms with Crippen LogP contribution in [0.15, 0.2) is 4.99 Å². The summed E-state index contributed by atoms with van der Waals surface area (Å²) >= 11 is 0. The SMILES string of the molecule is CC#CCN=C(N)NC(C)(C)C. The smallest absolute Gasteiger partial charge is 0.189 e. The fraction of sp³-hybridized carbons (Fsp3) is 0.667. The Morgan fingerprint density at radius 1 is 1.50 bits per heavy atom. The lowest BCUT2D eigenvalue weighted by atomic mass is 10.1. The molecule has 0 bridgehead atoms. The molecule has 3 nitrogen and oxygen atoms in total. The highest BCUT2D eigenvalue weighted by molar-refractivity contribution is 5.78. The van der Waals surface area contributed by atoms with Crippen LogP contribution in [0.25, 0.3) is 0 Å². The van der Waals surface area contributed by atoms with Gasteiger partial charge in [0.1, 0.15) is 6.54 Å². The molecule has 0 fully saturated rings. The van der Waals surface area contributed by atoms with Crippen molar-refractivity contribution in [2.45, 2.75) is 33.2 Å². The molecule has 3 heteroatoms. The zero-order chi connectivity index (χ0) is 9.61. The lowest BCUT2D eigenvalue weighted by Crippen LogP contribution is -2.45. The second-order valence-electron chi connectivity index (χ2n) is 3.50. The van der Waals surface area contributed by atoms with Gasteiger partial charge in [0.2, 0.25) is 0 Å². The minimum atomic E-state index is -0.0345. The molecule has 0 spiro atoms. The van der Waals surface area contributed by atoms with E-state index in [2.05, 4.69) is 22.2 Å². The minimum absolute atomic E-state index is 0.0345. The number of guanidine groups is 1. The predicted octanol–water partition coefficient (Wildman–Crippen LogP) is 0.712. The van der Waals surface area contributed by atoms with Crippen LogP contribution in [0.5, 0.6) is 0 Å². The summed E-state index contributed by atoms with van der Waals surface area (Å²) in [4.78, 5) is 4.01. The van der Waals surface area contributed by atoms with Gasteiger partial charge in [-0.1, -0.05) is 5.92 Å². The fourth-order valence-electron chi connectivity index (χ4n) is 0.627. The molecule has 0 saturated carbocycles. The number of aliphatic imine (C=N–C) groups is 1. The van der Waals surface area contributed by atoms with Crippen LogP contribution in [0.3, 0.4) is 0 Å². The average molecular weight is 167 g/mol. The Balaban J connectivity index is 3.92. The van der Waals surface area contributed by atoms with Crippen LogP contribution < -0.4 is 11.1 Å². The maximum Gasteiger partial charge on any atom is 0.189 e. The van der Waals surface area contributed by atoms with Gasteiger partial charge in [0.05, 0.1) is 0 Å². The van der Waals surface area contributed by atoms with Crippen LogP contribution in [-0.4, -0.2) is 18.0 Å². The molecule has 0 aliphatic heterocycles. The van der Waals surface area contributed by atoms with Gasteiger partial charge in [-0.3, -0.25) is 0 Å². The molecule has 0 rings (SSSR count). The molecule has 0 atom stereocenters. The van der Waals surface area contributed by atoms with Crippen LogP contribution in [0.2, 0.25) is 0 Å². The molecule has 3 N–H and O–H groups in total. The largest absolute Gasteiger partial charge is 0.370 e. The van der Waals surface area contributed by atoms with E-state index >= 15 is 0 Å². The minimum Gasteiger partial charge on any atom is -0.370 e. The Labute approximate surface area is 74.4 Å². The molecular formula is C9H17N3. The van der Waals surface area contributed by atoms with Gasteiger partial charge in [-0.15, -0.1) is 5.92 Å². The summed E-state index contributed by atoms with van der Waals surface area (Å²) < 4.78 is 0. The van der Waals surface area contributed by atoms with Crippen molar-refractivity contribution in [3.8, 4) is 11.8 Å². The van der Waals surface area contributed by atoms with E-state index in [0.29, 0.717) is 12.5 Å². The van der Waals surface area contributed by atoms with Crippen molar-refractivity contribution in [1.29, 1.82) is 0 Å². The van der Waals surface area contributed by atoms with Gasteiger partial charge in [-0.25, -0.2) is 4.99 Å². The quantitative estimate of drug-likeness (QED) is 0.343. The van der Waals surface area contributed by atoms with E-state index in [1.165, 1.54) is 0 Å². The molecule has 0 aromatic carbocycles. The summed E-state index contributed by atoms with van der Waals surface area (Å²) in [5.41, 5.74) is 5.54. The van der Waals surface area contributed by atoms with Crippen LogP contribution in [0.1, 0.15) is 27.7 Å². The van der Waals surface area contributed by atoms with Crippen LogP contribution in [0, 0.1) is 11.8 Å². The maximum atomic E-state index is 5.57. The molecule has 0 aromatic heterocycles. The molecule has 0 heterocycles. The second-order valence-corrected chi connectivity index (χ2v) is 3.50. The molecule has 0 saturated heterocycles. The number of rotatable bonds is 1. The third-order valence-corrected chi connectivity index (χ3v) is 1.01. The topological polar surface area (TPSA) is 50.4 Å². The molecular weight excluding hydrogens is 150 g/mol. The van der Waals surface area contributed by atoms with Gasteiger partial charge >= 0.3 is 0 Å². The van der Waals surface area contributed by atoms with Crippen molar-refractivity contribution < 1.29 is 0 Å². The van der Waals surface area contributed by atoms with Crippen molar-refractivity contribution in [3.05, 3.63) is 0 Å². The summed E-state index contributed by atoms with van der Waals surface area (Å²) in [6.45, 7) is 8.33. The van der Waals surface area contributed by atoms with Crippen molar-refractivity contribution >= 4 is 5.96 Å². The summed E-state index contributed by atoms with van der Waals surface area (Å²) in [7, 11) is 0. The standard InChI is InChI=1S/C9H17N3/c1-5-6-7-11-8(10)12-9(2,3)4/h7H2,1-4H3,(H3,10,11,12). The Morgan fingerprint density at radius 2 is 2.08 bits per heavy atom. The van der Waals surface area contributed by atoms with E-state index in [4.69, 9.17) is 5.73 Å². The molecule has 0 aliphatic rings. The van der Waals surface area contributed by atoms with Gasteiger partial charge in [0.15, 0.2) is 5.96 Å². The molecule has 0 aliphatic carbocycles. The zero-order valence-electron chi connectivity index (χ0n) is 8.23. The van der Waals surface area contributed by atoms with E-state index in [1.54, 1.807) is 6.92 Å². The van der Waals surface area contributed by atoms with Gasteiger partial charge < -0.3 is 11.1 Å². The molecule has 0 radical (unpaired) electrons. The highest BCUT2D eigenvalue weighted by Crippen LogP contribution is 1.96. The highest BCUT2D eigenvalue weighted by Gasteiger charge is 2.08. The van der Waals surface area contributed by atoms with Crippen LogP contribution in [0.4, 0.5) is 0 Å². The maximum absolute atomic E-state index is 5.57. The number of hydrogen-bond acceptors (Lipinski definition) is 1. The predicted molar refractivity (Wildman–Crippen MR) is 52.8 cm³/mol. The molecule has 12 heavy (non-hydrogen) atoms. The first-order chi connectivity index (χ1) is 5.45. The Hall–Kier alpha value is -1.17. The first-order valence-corrected chi connectivity index (χ1v) is 3.93. The third kappa shape index (κ3) is 6.94. The summed E-state index contributed by atoms with van der Waals surface area (Å²) in [5, 5.41) is 3.04. The summed E-state index contributed by atoms with van der Waals surface area (Å²) in [5.74, 6) is 6.00. The molecule has 0 amide bonds. The molecule has 0 unspecified atom stereocenters.